The summed E-state index contributed by atoms with van der Waals surface area (Å²) in [5, 5.41) is 9.91. The molecule has 1 amide bonds. The third-order valence-corrected chi connectivity index (χ3v) is 8.06. The first-order valence-electron chi connectivity index (χ1n) is 14.3. The highest BCUT2D eigenvalue weighted by Gasteiger charge is 2.27. The second-order valence-corrected chi connectivity index (χ2v) is 10.9. The Kier molecular flexibility index (Phi) is 7.71. The Balaban J connectivity index is 1.20. The minimum Gasteiger partial charge on any atom is -0.489 e. The highest BCUT2D eigenvalue weighted by molar-refractivity contribution is 5.89. The fourth-order valence-electron chi connectivity index (χ4n) is 5.57. The van der Waals surface area contributed by atoms with Crippen molar-refractivity contribution in [3.8, 4) is 34.5 Å². The van der Waals surface area contributed by atoms with Crippen LogP contribution < -0.4 is 9.64 Å². The van der Waals surface area contributed by atoms with E-state index >= 15 is 0 Å². The Morgan fingerprint density at radius 3 is 2.45 bits per heavy atom. The summed E-state index contributed by atoms with van der Waals surface area (Å²) >= 11 is 0. The highest BCUT2D eigenvalue weighted by atomic mass is 19.1. The Morgan fingerprint density at radius 2 is 1.76 bits per heavy atom. The minimum absolute atomic E-state index is 0.162. The van der Waals surface area contributed by atoms with Gasteiger partial charge in [-0.3, -0.25) is 4.79 Å². The number of hydrogen-bond donors (Lipinski definition) is 1. The van der Waals surface area contributed by atoms with Crippen molar-refractivity contribution in [1.82, 2.24) is 29.7 Å². The van der Waals surface area contributed by atoms with Crippen molar-refractivity contribution < 1.29 is 13.9 Å². The van der Waals surface area contributed by atoms with Gasteiger partial charge >= 0.3 is 0 Å². The number of nitrogens with one attached hydrogen (secondary N) is 1. The molecule has 42 heavy (non-hydrogen) atoms. The lowest BCUT2D eigenvalue weighted by molar-refractivity contribution is -0.137. The summed E-state index contributed by atoms with van der Waals surface area (Å²) in [7, 11) is 2.15. The smallest absolute Gasteiger partial charge is 0.256 e. The van der Waals surface area contributed by atoms with Crippen LogP contribution in [-0.2, 0) is 4.79 Å². The summed E-state index contributed by atoms with van der Waals surface area (Å²) in [6.45, 7) is 6.23. The van der Waals surface area contributed by atoms with Crippen LogP contribution >= 0.6 is 0 Å². The molecule has 11 heteroatoms. The maximum atomic E-state index is 13.4. The first-order valence-corrected chi connectivity index (χ1v) is 14.3. The minimum atomic E-state index is -1.51. The molecule has 0 spiro atoms. The average molecular weight is 569 g/mol. The van der Waals surface area contributed by atoms with E-state index in [1.165, 1.54) is 23.8 Å². The van der Waals surface area contributed by atoms with Gasteiger partial charge in [-0.2, -0.15) is 5.26 Å². The standard InChI is InChI=1S/C31H33FN8O2/c1-20(32)31(41)40-11-9-25(10-12-40)42-26-8-5-22(17-23(26)18-33)27-28-30(35-19-34-27)37-29(36-28)21-3-6-24(7-4-21)39-15-13-38(2)14-16-39/h3-8,17,19-20,25H,9-16H2,1-2H3,(H,34,35,36,37). The number of piperidine rings is 1. The summed E-state index contributed by atoms with van der Waals surface area (Å²) in [5.74, 6) is 0.682. The number of H-pyrrole nitrogens is 1. The highest BCUT2D eigenvalue weighted by Crippen LogP contribution is 2.32. The topological polar surface area (TPSA) is 114 Å². The lowest BCUT2D eigenvalue weighted by Crippen LogP contribution is -2.44. The van der Waals surface area contributed by atoms with E-state index in [2.05, 4.69) is 62.1 Å². The number of halogens is 1. The van der Waals surface area contributed by atoms with Crippen LogP contribution in [0.2, 0.25) is 0 Å². The number of fused-ring (bicyclic) bond motifs is 1. The molecule has 0 aliphatic carbocycles. The van der Waals surface area contributed by atoms with Crippen LogP contribution in [0.15, 0.2) is 48.8 Å². The maximum Gasteiger partial charge on any atom is 0.256 e. The van der Waals surface area contributed by atoms with E-state index in [-0.39, 0.29) is 6.10 Å². The average Bonchev–Trinajstić information content (AvgIpc) is 3.46. The zero-order chi connectivity index (χ0) is 29.2. The van der Waals surface area contributed by atoms with Crippen molar-refractivity contribution in [1.29, 1.82) is 5.26 Å². The fraction of sp³-hybridized carbons (Fsp3) is 0.387. The van der Waals surface area contributed by atoms with Crippen LogP contribution in [0, 0.1) is 11.3 Å². The number of likely N-dealkylation sites (N-methyl/N-ethyl adjacent to an activating group) is 1. The number of amides is 1. The monoisotopic (exact) mass is 568 g/mol. The molecule has 2 aromatic carbocycles. The van der Waals surface area contributed by atoms with Crippen molar-refractivity contribution in [3.05, 3.63) is 54.4 Å². The molecule has 216 valence electrons. The molecule has 6 rings (SSSR count). The molecular weight excluding hydrogens is 535 g/mol. The Hall–Kier alpha value is -4.56. The van der Waals surface area contributed by atoms with Gasteiger partial charge in [-0.05, 0) is 56.4 Å². The van der Waals surface area contributed by atoms with Gasteiger partial charge in [0.2, 0.25) is 0 Å². The normalized spacial score (nSPS) is 17.3. The van der Waals surface area contributed by atoms with Crippen molar-refractivity contribution in [2.45, 2.75) is 32.0 Å². The zero-order valence-electron chi connectivity index (χ0n) is 23.8. The first-order chi connectivity index (χ1) is 20.4. The molecule has 1 unspecified atom stereocenters. The molecule has 4 aromatic rings. The van der Waals surface area contributed by atoms with Gasteiger partial charge < -0.3 is 24.4 Å². The molecular formula is C31H33FN8O2. The Labute approximate surface area is 243 Å². The van der Waals surface area contributed by atoms with Crippen LogP contribution in [0.1, 0.15) is 25.3 Å². The van der Waals surface area contributed by atoms with E-state index < -0.39 is 12.1 Å². The molecule has 2 fully saturated rings. The largest absolute Gasteiger partial charge is 0.489 e. The second kappa shape index (κ2) is 11.7. The molecule has 2 aliphatic heterocycles. The van der Waals surface area contributed by atoms with Gasteiger partial charge in [0.1, 0.15) is 35.6 Å². The van der Waals surface area contributed by atoms with E-state index in [9.17, 15) is 14.4 Å². The molecule has 1 N–H and O–H groups in total. The van der Waals surface area contributed by atoms with E-state index in [1.54, 1.807) is 12.1 Å². The van der Waals surface area contributed by atoms with Gasteiger partial charge in [0.15, 0.2) is 11.8 Å². The summed E-state index contributed by atoms with van der Waals surface area (Å²) < 4.78 is 19.5. The molecule has 2 aromatic heterocycles. The SMILES string of the molecule is CC(F)C(=O)N1CCC(Oc2ccc(-c3ncnc4nc(-c5ccc(N6CCN(C)CC6)cc5)[nH]c34)cc2C#N)CC1. The van der Waals surface area contributed by atoms with E-state index in [4.69, 9.17) is 9.72 Å². The number of benzene rings is 2. The van der Waals surface area contributed by atoms with Crippen LogP contribution in [-0.4, -0.2) is 94.2 Å². The molecule has 2 saturated heterocycles. The van der Waals surface area contributed by atoms with Crippen molar-refractivity contribution in [3.63, 3.8) is 0 Å². The number of aromatic amines is 1. The molecule has 2 aliphatic rings. The lowest BCUT2D eigenvalue weighted by Gasteiger charge is -2.34. The number of nitriles is 1. The van der Waals surface area contributed by atoms with Crippen molar-refractivity contribution in [2.75, 3.05) is 51.2 Å². The number of imidazole rings is 1. The van der Waals surface area contributed by atoms with Crippen molar-refractivity contribution in [2.24, 2.45) is 0 Å². The quantitative estimate of drug-likeness (QED) is 0.371. The summed E-state index contributed by atoms with van der Waals surface area (Å²) in [5.41, 5.74) is 5.14. The molecule has 10 nitrogen and oxygen atoms in total. The Morgan fingerprint density at radius 1 is 1.05 bits per heavy atom. The van der Waals surface area contributed by atoms with Crippen LogP contribution in [0.4, 0.5) is 10.1 Å². The number of carbonyl (C=O) groups is 1. The van der Waals surface area contributed by atoms with Crippen LogP contribution in [0.5, 0.6) is 5.75 Å². The van der Waals surface area contributed by atoms with E-state index in [0.717, 1.165) is 37.3 Å². The van der Waals surface area contributed by atoms with Crippen LogP contribution in [0.3, 0.4) is 0 Å². The number of likely N-dealkylation sites (tertiary alicyclic amines) is 1. The second-order valence-electron chi connectivity index (χ2n) is 10.9. The van der Waals surface area contributed by atoms with E-state index in [1.807, 2.05) is 6.07 Å². The predicted molar refractivity (Wildman–Crippen MR) is 158 cm³/mol. The summed E-state index contributed by atoms with van der Waals surface area (Å²) in [6.07, 6.45) is 0.954. The number of hydrogen-bond acceptors (Lipinski definition) is 8. The number of aromatic nitrogens is 4. The van der Waals surface area contributed by atoms with E-state index in [0.29, 0.717) is 59.9 Å². The number of alkyl halides is 1. The number of piperazine rings is 1. The van der Waals surface area contributed by atoms with Gasteiger partial charge in [0, 0.05) is 68.9 Å². The third-order valence-electron chi connectivity index (χ3n) is 8.06. The van der Waals surface area contributed by atoms with Gasteiger partial charge in [-0.15, -0.1) is 0 Å². The Bertz CT molecular complexity index is 1610. The van der Waals surface area contributed by atoms with Gasteiger partial charge in [0.25, 0.3) is 5.91 Å². The predicted octanol–water partition coefficient (Wildman–Crippen LogP) is 4.04. The van der Waals surface area contributed by atoms with Gasteiger partial charge in [-0.25, -0.2) is 19.3 Å². The summed E-state index contributed by atoms with van der Waals surface area (Å²) in [4.78, 5) is 35.2. The van der Waals surface area contributed by atoms with Gasteiger partial charge in [0.05, 0.1) is 11.3 Å². The number of carbonyl (C=O) groups excluding carboxylic acids is 1. The molecule has 1 atom stereocenters. The number of ether oxygens (including phenoxy) is 1. The molecule has 0 bridgehead atoms. The first kappa shape index (κ1) is 27.6. The summed E-state index contributed by atoms with van der Waals surface area (Å²) in [6, 6.07) is 16.0. The molecule has 4 heterocycles. The van der Waals surface area contributed by atoms with Crippen LogP contribution in [0.25, 0.3) is 33.8 Å². The fourth-order valence-corrected chi connectivity index (χ4v) is 5.57. The molecule has 0 saturated carbocycles. The third kappa shape index (κ3) is 5.63. The maximum absolute atomic E-state index is 13.4. The molecule has 0 radical (unpaired) electrons. The van der Waals surface area contributed by atoms with Crippen molar-refractivity contribution >= 4 is 22.8 Å². The number of rotatable bonds is 6. The lowest BCUT2D eigenvalue weighted by atomic mass is 10.0. The van der Waals surface area contributed by atoms with Gasteiger partial charge in [-0.1, -0.05) is 0 Å². The number of anilines is 1. The zero-order valence-corrected chi connectivity index (χ0v) is 23.8. The number of nitrogens with zero attached hydrogens (tertiary/aromatic N) is 7.